The molecule has 2 aromatic heterocycles. The van der Waals surface area contributed by atoms with Gasteiger partial charge in [0.2, 0.25) is 5.95 Å². The van der Waals surface area contributed by atoms with E-state index in [9.17, 15) is 0 Å². The molecule has 5 nitrogen and oxygen atoms in total. The molecule has 3 rings (SSSR count). The van der Waals surface area contributed by atoms with Crippen molar-refractivity contribution in [2.75, 3.05) is 18.5 Å². The first-order valence-corrected chi connectivity index (χ1v) is 6.36. The standard InChI is InChI=1S/C13H18N4O/c1-10-4-5-11-15-12(16-17(11)8-10)14-9-13(2)6-3-7-18-13/h4-5,8H,3,6-7,9H2,1-2H3,(H,14,16). The largest absolute Gasteiger partial charge is 0.373 e. The molecule has 0 spiro atoms. The highest BCUT2D eigenvalue weighted by Crippen LogP contribution is 2.24. The third-order valence-corrected chi connectivity index (χ3v) is 3.40. The van der Waals surface area contributed by atoms with E-state index in [1.807, 2.05) is 25.3 Å². The Morgan fingerprint density at radius 3 is 3.17 bits per heavy atom. The Hall–Kier alpha value is -1.62. The fraction of sp³-hybridized carbons (Fsp3) is 0.538. The summed E-state index contributed by atoms with van der Waals surface area (Å²) in [4.78, 5) is 4.43. The number of anilines is 1. The minimum absolute atomic E-state index is 0.0760. The SMILES string of the molecule is Cc1ccc2nc(NCC3(C)CCCO3)nn2c1. The van der Waals surface area contributed by atoms with Crippen molar-refractivity contribution in [3.63, 3.8) is 0 Å². The van der Waals surface area contributed by atoms with Gasteiger partial charge in [0, 0.05) is 19.3 Å². The van der Waals surface area contributed by atoms with Crippen molar-refractivity contribution in [2.45, 2.75) is 32.3 Å². The molecule has 1 N–H and O–H groups in total. The van der Waals surface area contributed by atoms with Crippen LogP contribution in [0.15, 0.2) is 18.3 Å². The van der Waals surface area contributed by atoms with Gasteiger partial charge in [0.1, 0.15) is 0 Å². The van der Waals surface area contributed by atoms with Gasteiger partial charge in [-0.25, -0.2) is 4.52 Å². The molecule has 1 unspecified atom stereocenters. The van der Waals surface area contributed by atoms with E-state index < -0.39 is 0 Å². The van der Waals surface area contributed by atoms with Gasteiger partial charge in [-0.3, -0.25) is 0 Å². The molecule has 1 atom stereocenters. The Morgan fingerprint density at radius 1 is 1.50 bits per heavy atom. The van der Waals surface area contributed by atoms with Gasteiger partial charge in [0.15, 0.2) is 5.65 Å². The van der Waals surface area contributed by atoms with Crippen LogP contribution in [0.4, 0.5) is 5.95 Å². The van der Waals surface area contributed by atoms with Gasteiger partial charge in [-0.15, -0.1) is 5.10 Å². The molecule has 1 fully saturated rings. The average Bonchev–Trinajstić information content (AvgIpc) is 2.93. The summed E-state index contributed by atoms with van der Waals surface area (Å²) in [6.45, 7) is 5.79. The molecule has 0 radical (unpaired) electrons. The molecule has 0 aliphatic carbocycles. The first kappa shape index (κ1) is 11.5. The van der Waals surface area contributed by atoms with Crippen LogP contribution in [0, 0.1) is 6.92 Å². The van der Waals surface area contributed by atoms with Crippen LogP contribution in [0.2, 0.25) is 0 Å². The lowest BCUT2D eigenvalue weighted by Gasteiger charge is -2.22. The molecule has 1 saturated heterocycles. The second-order valence-corrected chi connectivity index (χ2v) is 5.20. The predicted molar refractivity (Wildman–Crippen MR) is 69.8 cm³/mol. The fourth-order valence-corrected chi connectivity index (χ4v) is 2.30. The molecule has 18 heavy (non-hydrogen) atoms. The summed E-state index contributed by atoms with van der Waals surface area (Å²) in [7, 11) is 0. The van der Waals surface area contributed by atoms with E-state index in [1.165, 1.54) is 5.56 Å². The van der Waals surface area contributed by atoms with Crippen LogP contribution in [0.1, 0.15) is 25.3 Å². The van der Waals surface area contributed by atoms with E-state index in [2.05, 4.69) is 22.3 Å². The monoisotopic (exact) mass is 246 g/mol. The maximum absolute atomic E-state index is 5.73. The van der Waals surface area contributed by atoms with Crippen LogP contribution in [-0.2, 0) is 4.74 Å². The third-order valence-electron chi connectivity index (χ3n) is 3.40. The molecule has 96 valence electrons. The smallest absolute Gasteiger partial charge is 0.243 e. The molecule has 0 aromatic carbocycles. The summed E-state index contributed by atoms with van der Waals surface area (Å²) in [5, 5.41) is 7.67. The highest BCUT2D eigenvalue weighted by molar-refractivity contribution is 5.44. The minimum Gasteiger partial charge on any atom is -0.373 e. The normalized spacial score (nSPS) is 23.7. The molecule has 5 heteroatoms. The number of hydrogen-bond acceptors (Lipinski definition) is 4. The Morgan fingerprint density at radius 2 is 2.39 bits per heavy atom. The zero-order valence-corrected chi connectivity index (χ0v) is 10.8. The highest BCUT2D eigenvalue weighted by atomic mass is 16.5. The Labute approximate surface area is 106 Å². The van der Waals surface area contributed by atoms with E-state index in [0.29, 0.717) is 5.95 Å². The molecule has 1 aliphatic rings. The number of rotatable bonds is 3. The quantitative estimate of drug-likeness (QED) is 0.900. The molecule has 2 aromatic rings. The Kier molecular flexibility index (Phi) is 2.70. The summed E-state index contributed by atoms with van der Waals surface area (Å²) < 4.78 is 7.53. The van der Waals surface area contributed by atoms with Gasteiger partial charge < -0.3 is 10.1 Å². The van der Waals surface area contributed by atoms with Gasteiger partial charge in [0.25, 0.3) is 0 Å². The Bertz CT molecular complexity index is 557. The van der Waals surface area contributed by atoms with Crippen LogP contribution in [0.5, 0.6) is 0 Å². The zero-order chi connectivity index (χ0) is 12.6. The van der Waals surface area contributed by atoms with Gasteiger partial charge in [-0.05, 0) is 38.3 Å². The predicted octanol–water partition coefficient (Wildman–Crippen LogP) is 2.02. The molecular weight excluding hydrogens is 228 g/mol. The van der Waals surface area contributed by atoms with Crippen molar-refractivity contribution in [3.05, 3.63) is 23.9 Å². The van der Waals surface area contributed by atoms with Gasteiger partial charge in [-0.1, -0.05) is 6.07 Å². The van der Waals surface area contributed by atoms with Gasteiger partial charge >= 0.3 is 0 Å². The lowest BCUT2D eigenvalue weighted by atomic mass is 10.0. The molecule has 1 aliphatic heterocycles. The van der Waals surface area contributed by atoms with Crippen LogP contribution in [0.3, 0.4) is 0 Å². The van der Waals surface area contributed by atoms with Crippen molar-refractivity contribution in [1.82, 2.24) is 14.6 Å². The number of nitrogens with one attached hydrogen (secondary N) is 1. The maximum atomic E-state index is 5.73. The molecule has 0 amide bonds. The van der Waals surface area contributed by atoms with Crippen molar-refractivity contribution < 1.29 is 4.74 Å². The van der Waals surface area contributed by atoms with Crippen LogP contribution in [0.25, 0.3) is 5.65 Å². The zero-order valence-electron chi connectivity index (χ0n) is 10.8. The first-order valence-electron chi connectivity index (χ1n) is 6.36. The summed E-state index contributed by atoms with van der Waals surface area (Å²) in [6.07, 6.45) is 4.20. The molecule has 0 saturated carbocycles. The molecule has 0 bridgehead atoms. The molecule has 3 heterocycles. The first-order chi connectivity index (χ1) is 8.65. The van der Waals surface area contributed by atoms with Crippen molar-refractivity contribution in [2.24, 2.45) is 0 Å². The minimum atomic E-state index is -0.0760. The number of aromatic nitrogens is 3. The summed E-state index contributed by atoms with van der Waals surface area (Å²) >= 11 is 0. The van der Waals surface area contributed by atoms with E-state index in [0.717, 1.165) is 31.6 Å². The Balaban J connectivity index is 1.74. The summed E-state index contributed by atoms with van der Waals surface area (Å²) in [6, 6.07) is 4.01. The lowest BCUT2D eigenvalue weighted by Crippen LogP contribution is -2.32. The number of ether oxygens (including phenoxy) is 1. The van der Waals surface area contributed by atoms with Crippen LogP contribution in [-0.4, -0.2) is 33.4 Å². The highest BCUT2D eigenvalue weighted by Gasteiger charge is 2.29. The van der Waals surface area contributed by atoms with Gasteiger partial charge in [0.05, 0.1) is 5.60 Å². The fourth-order valence-electron chi connectivity index (χ4n) is 2.30. The van der Waals surface area contributed by atoms with Crippen LogP contribution < -0.4 is 5.32 Å². The maximum Gasteiger partial charge on any atom is 0.243 e. The number of pyridine rings is 1. The van der Waals surface area contributed by atoms with E-state index in [-0.39, 0.29) is 5.60 Å². The van der Waals surface area contributed by atoms with Crippen molar-refractivity contribution >= 4 is 11.6 Å². The number of hydrogen-bond donors (Lipinski definition) is 1. The number of nitrogens with zero attached hydrogens (tertiary/aromatic N) is 3. The van der Waals surface area contributed by atoms with E-state index in [1.54, 1.807) is 4.52 Å². The van der Waals surface area contributed by atoms with E-state index in [4.69, 9.17) is 4.74 Å². The van der Waals surface area contributed by atoms with E-state index >= 15 is 0 Å². The van der Waals surface area contributed by atoms with Crippen molar-refractivity contribution in [1.29, 1.82) is 0 Å². The summed E-state index contributed by atoms with van der Waals surface area (Å²) in [5.41, 5.74) is 1.96. The lowest BCUT2D eigenvalue weighted by molar-refractivity contribution is 0.0314. The van der Waals surface area contributed by atoms with Crippen molar-refractivity contribution in [3.8, 4) is 0 Å². The number of aryl methyl sites for hydroxylation is 1. The number of fused-ring (bicyclic) bond motifs is 1. The summed E-state index contributed by atoms with van der Waals surface area (Å²) in [5.74, 6) is 0.664. The third kappa shape index (κ3) is 2.18. The van der Waals surface area contributed by atoms with Crippen LogP contribution >= 0.6 is 0 Å². The average molecular weight is 246 g/mol. The van der Waals surface area contributed by atoms with Gasteiger partial charge in [-0.2, -0.15) is 4.98 Å². The second kappa shape index (κ2) is 4.24. The second-order valence-electron chi connectivity index (χ2n) is 5.20. The molecular formula is C13H18N4O. The topological polar surface area (TPSA) is 51.5 Å².